The first-order valence-electron chi connectivity index (χ1n) is 6.44. The van der Waals surface area contributed by atoms with E-state index in [1.807, 2.05) is 0 Å². The van der Waals surface area contributed by atoms with Gasteiger partial charge in [0.15, 0.2) is 0 Å². The Morgan fingerprint density at radius 3 is 0.684 bits per heavy atom. The molecule has 4 rings (SSSR count). The van der Waals surface area contributed by atoms with Gasteiger partial charge < -0.3 is 0 Å². The Bertz CT molecular complexity index is 400. The van der Waals surface area contributed by atoms with Gasteiger partial charge in [-0.2, -0.15) is 0 Å². The first-order valence-corrected chi connectivity index (χ1v) is 47.7. The van der Waals surface area contributed by atoms with Crippen molar-refractivity contribution < 1.29 is 0 Å². The Balaban J connectivity index is 0.000000243. The van der Waals surface area contributed by atoms with Crippen LogP contribution in [0.1, 0.15) is 0 Å². The zero-order valence-corrected chi connectivity index (χ0v) is 28.9. The topological polar surface area (TPSA) is 0 Å². The summed E-state index contributed by atoms with van der Waals surface area (Å²) in [6, 6.07) is 0. The van der Waals surface area contributed by atoms with Gasteiger partial charge in [0.1, 0.15) is 0 Å². The summed E-state index contributed by atoms with van der Waals surface area (Å²) < 4.78 is 0. The van der Waals surface area contributed by atoms with Crippen LogP contribution >= 0.6 is 48.1 Å². The summed E-state index contributed by atoms with van der Waals surface area (Å²) in [6.07, 6.45) is 3.61. The van der Waals surface area contributed by atoms with Gasteiger partial charge in [0.2, 0.25) is 0 Å². The molecule has 0 amide bonds. The molecule has 0 saturated heterocycles. The quantitative estimate of drug-likeness (QED) is 0.204. The summed E-state index contributed by atoms with van der Waals surface area (Å²) in [6.45, 7) is 0. The minimum Gasteiger partial charge on any atom is -0.0734 e. The van der Waals surface area contributed by atoms with E-state index in [0.29, 0.717) is 0 Å². The first-order chi connectivity index (χ1) is 8.65. The first kappa shape index (κ1) is 23.5. The predicted octanol–water partition coefficient (Wildman–Crippen LogP) is 9.34. The van der Waals surface area contributed by atoms with Crippen LogP contribution in [0, 0.1) is 0 Å². The molecule has 0 N–H and O–H groups in total. The molecule has 0 aliphatic rings. The van der Waals surface area contributed by atoms with Crippen LogP contribution in [0.4, 0.5) is 0 Å². The van der Waals surface area contributed by atoms with Crippen LogP contribution in [0.2, 0.25) is 44.5 Å². The molecule has 4 bridgehead atoms. The Kier molecular flexibility index (Phi) is 15.8. The Morgan fingerprint density at radius 1 is 0.474 bits per heavy atom. The third kappa shape index (κ3) is 13.5. The minimum atomic E-state index is -0.543. The molecule has 10 heteroatoms. The predicted molar refractivity (Wildman–Crippen MR) is 123 cm³/mol. The summed E-state index contributed by atoms with van der Waals surface area (Å²) in [7, 11) is 4.85. The van der Waals surface area contributed by atoms with E-state index in [4.69, 9.17) is 0 Å². The Morgan fingerprint density at radius 2 is 0.632 bits per heavy atom. The van der Waals surface area contributed by atoms with Crippen LogP contribution in [0.3, 0.4) is 0 Å². The van der Waals surface area contributed by atoms with Crippen molar-refractivity contribution >= 4 is 107 Å². The van der Waals surface area contributed by atoms with E-state index >= 15 is 0 Å². The summed E-state index contributed by atoms with van der Waals surface area (Å²) >= 11 is -1.63. The van der Waals surface area contributed by atoms with Crippen LogP contribution < -0.4 is 0 Å². The zero-order chi connectivity index (χ0) is 15.2. The molecule has 4 heterocycles. The molecular weight excluding hydrogens is 681 g/mol. The van der Waals surface area contributed by atoms with Gasteiger partial charge in [-0.1, -0.05) is 22.6 Å². The van der Waals surface area contributed by atoms with Gasteiger partial charge >= 0.3 is 104 Å². The van der Waals surface area contributed by atoms with Crippen molar-refractivity contribution in [3.8, 4) is 0 Å². The molecule has 0 aromatic carbocycles. The molecule has 4 aromatic rings. The van der Waals surface area contributed by atoms with Gasteiger partial charge in [-0.05, 0) is 25.5 Å². The SMILES string of the molecule is [CH3][Sn]([CH3])[CH3].[CH3][Sn]([CH3])[CH3].[CH3][Sn]([CH3])[CH3].[pH]1p2[pH]p3p1p3[pH]2. The smallest absolute Gasteiger partial charge is 0.0138 e. The minimum absolute atomic E-state index is 0.543. The normalized spacial score (nSPS) is 15.8. The molecule has 3 unspecified atom stereocenters. The second-order valence-corrected chi connectivity index (χ2v) is 70.8. The maximum absolute atomic E-state index is 2.36. The van der Waals surface area contributed by atoms with Gasteiger partial charge in [-0.15, -0.1) is 0 Å². The van der Waals surface area contributed by atoms with Gasteiger partial charge in [-0.25, -0.2) is 0 Å². The molecule has 3 radical (unpaired) electrons. The van der Waals surface area contributed by atoms with Crippen molar-refractivity contribution in [1.82, 2.24) is 0 Å². The van der Waals surface area contributed by atoms with Crippen LogP contribution in [0.25, 0.3) is 0 Å². The van der Waals surface area contributed by atoms with E-state index in [1.165, 1.54) is 0 Å². The average Bonchev–Trinajstić information content (AvgIpc) is 2.58. The van der Waals surface area contributed by atoms with Gasteiger partial charge in [0.05, 0.1) is 0 Å². The summed E-state index contributed by atoms with van der Waals surface area (Å²) in [4.78, 5) is 21.3. The fourth-order valence-electron chi connectivity index (χ4n) is 0.717. The third-order valence-electron chi connectivity index (χ3n) is 1.08. The van der Waals surface area contributed by atoms with E-state index in [-0.39, 0.29) is 0 Å². The van der Waals surface area contributed by atoms with Gasteiger partial charge in [0, 0.05) is 0 Å². The molecular formula is C9H30P7Sn3. The second-order valence-electron chi connectivity index (χ2n) is 6.00. The van der Waals surface area contributed by atoms with Crippen molar-refractivity contribution in [2.75, 3.05) is 0 Å². The number of hydrogen-bond acceptors (Lipinski definition) is 0. The van der Waals surface area contributed by atoms with Crippen LogP contribution in [-0.2, 0) is 0 Å². The molecule has 3 atom stereocenters. The van der Waals surface area contributed by atoms with Crippen molar-refractivity contribution in [2.24, 2.45) is 0 Å². The van der Waals surface area contributed by atoms with E-state index in [1.54, 1.807) is 22.6 Å². The van der Waals surface area contributed by atoms with E-state index in [9.17, 15) is 0 Å². The third-order valence-corrected chi connectivity index (χ3v) is 82.3. The molecule has 0 spiro atoms. The summed E-state index contributed by atoms with van der Waals surface area (Å²) in [5.74, 6) is 0. The van der Waals surface area contributed by atoms with Crippen molar-refractivity contribution in [3.63, 3.8) is 0 Å². The van der Waals surface area contributed by atoms with E-state index in [0.717, 1.165) is 25.5 Å². The largest absolute Gasteiger partial charge is 0.0734 e. The average molecular weight is 711 g/mol. The molecule has 19 heavy (non-hydrogen) atoms. The molecule has 0 nitrogen and oxygen atoms in total. The maximum Gasteiger partial charge on any atom is -0.0138 e. The molecule has 0 fully saturated rings. The molecule has 0 aliphatic heterocycles. The van der Waals surface area contributed by atoms with Crippen molar-refractivity contribution in [3.05, 3.63) is 0 Å². The van der Waals surface area contributed by atoms with Crippen molar-refractivity contribution in [2.45, 2.75) is 44.5 Å². The second kappa shape index (κ2) is 12.8. The fraction of sp³-hybridized carbons (Fsp3) is 1.00. The molecule has 0 aliphatic carbocycles. The summed E-state index contributed by atoms with van der Waals surface area (Å²) in [5.41, 5.74) is 0. The van der Waals surface area contributed by atoms with E-state index in [2.05, 4.69) is 44.5 Å². The molecule has 0 saturated carbocycles. The van der Waals surface area contributed by atoms with Gasteiger partial charge in [0.25, 0.3) is 0 Å². The standard InChI is InChI=1S/9CH3.H3P7.3Sn/c;;;;;;;;;1-4-2-6-5(1)7(6)3-4;;;/h9*1H3;1-3H;;;. The van der Waals surface area contributed by atoms with Crippen LogP contribution in [-0.4, -0.2) is 59.3 Å². The van der Waals surface area contributed by atoms with E-state index < -0.39 is 59.3 Å². The van der Waals surface area contributed by atoms with Gasteiger partial charge in [-0.3, -0.25) is 0 Å². The molecule has 4 aromatic heterocycles. The van der Waals surface area contributed by atoms with Crippen molar-refractivity contribution in [1.29, 1.82) is 0 Å². The summed E-state index contributed by atoms with van der Waals surface area (Å²) in [5, 5.41) is 0. The fourth-order valence-corrected chi connectivity index (χ4v) is 174. The molecule has 113 valence electrons. The van der Waals surface area contributed by atoms with Crippen LogP contribution in [0.15, 0.2) is 0 Å². The monoisotopic (exact) mass is 715 g/mol. The Hall–Kier alpha value is 4.50. The Labute approximate surface area is 149 Å². The zero-order valence-electron chi connectivity index (χ0n) is 13.8. The number of rotatable bonds is 0. The maximum atomic E-state index is 2.36. The number of hydrogen-bond donors (Lipinski definition) is 0. The van der Waals surface area contributed by atoms with Crippen LogP contribution in [0.5, 0.6) is 0 Å².